The van der Waals surface area contributed by atoms with Crippen molar-refractivity contribution in [2.45, 2.75) is 0 Å². The van der Waals surface area contributed by atoms with E-state index in [2.05, 4.69) is 5.10 Å². The first-order chi connectivity index (χ1) is 6.57. The van der Waals surface area contributed by atoms with Gasteiger partial charge < -0.3 is 16.7 Å². The Hall–Kier alpha value is -2.31. The number of amidine groups is 1. The van der Waals surface area contributed by atoms with Crippen LogP contribution in [0.5, 0.6) is 5.75 Å². The van der Waals surface area contributed by atoms with E-state index in [1.54, 1.807) is 0 Å². The average molecular weight is 196 g/mol. The Morgan fingerprint density at radius 3 is 2.71 bits per heavy atom. The lowest BCUT2D eigenvalue weighted by Gasteiger charge is -2.02. The van der Waals surface area contributed by atoms with Crippen LogP contribution in [0.4, 0.5) is 5.69 Å². The molecule has 0 aliphatic rings. The molecule has 0 spiro atoms. The van der Waals surface area contributed by atoms with Crippen LogP contribution in [-0.4, -0.2) is 15.9 Å². The fourth-order valence-corrected chi connectivity index (χ4v) is 0.955. The van der Waals surface area contributed by atoms with Gasteiger partial charge in [-0.25, -0.2) is 0 Å². The van der Waals surface area contributed by atoms with Gasteiger partial charge in [0, 0.05) is 6.07 Å². The molecule has 7 heteroatoms. The van der Waals surface area contributed by atoms with Gasteiger partial charge >= 0.3 is 5.69 Å². The van der Waals surface area contributed by atoms with E-state index in [9.17, 15) is 15.2 Å². The maximum absolute atomic E-state index is 10.4. The molecule has 0 bridgehead atoms. The van der Waals surface area contributed by atoms with Gasteiger partial charge in [-0.3, -0.25) is 10.1 Å². The van der Waals surface area contributed by atoms with E-state index in [-0.39, 0.29) is 11.4 Å². The minimum Gasteiger partial charge on any atom is -0.502 e. The molecule has 7 nitrogen and oxygen atoms in total. The SMILES string of the molecule is N/N=C(\N)c1cccc([N+](=O)[O-])c1O. The van der Waals surface area contributed by atoms with Gasteiger partial charge in [0.1, 0.15) is 0 Å². The molecule has 1 aromatic rings. The number of benzene rings is 1. The number of hydrogen-bond donors (Lipinski definition) is 3. The van der Waals surface area contributed by atoms with E-state index in [4.69, 9.17) is 11.6 Å². The van der Waals surface area contributed by atoms with Crippen LogP contribution in [-0.2, 0) is 0 Å². The van der Waals surface area contributed by atoms with Crippen molar-refractivity contribution in [3.05, 3.63) is 33.9 Å². The molecule has 0 aromatic heterocycles. The monoisotopic (exact) mass is 196 g/mol. The summed E-state index contributed by atoms with van der Waals surface area (Å²) in [5.41, 5.74) is 4.91. The second kappa shape index (κ2) is 3.60. The van der Waals surface area contributed by atoms with Crippen molar-refractivity contribution in [1.82, 2.24) is 0 Å². The van der Waals surface area contributed by atoms with Gasteiger partial charge in [-0.1, -0.05) is 6.07 Å². The van der Waals surface area contributed by atoms with Crippen molar-refractivity contribution in [2.24, 2.45) is 16.7 Å². The predicted molar refractivity (Wildman–Crippen MR) is 49.7 cm³/mol. The number of phenols is 1. The quantitative estimate of drug-likeness (QED) is 0.200. The molecule has 0 aliphatic carbocycles. The zero-order valence-electron chi connectivity index (χ0n) is 7.04. The third-order valence-electron chi connectivity index (χ3n) is 1.63. The minimum atomic E-state index is -0.720. The number of rotatable bonds is 2. The largest absolute Gasteiger partial charge is 0.502 e. The molecule has 14 heavy (non-hydrogen) atoms. The summed E-state index contributed by atoms with van der Waals surface area (Å²) in [5, 5.41) is 23.0. The molecule has 5 N–H and O–H groups in total. The second-order valence-corrected chi connectivity index (χ2v) is 2.44. The van der Waals surface area contributed by atoms with E-state index in [1.807, 2.05) is 0 Å². The lowest BCUT2D eigenvalue weighted by atomic mass is 10.1. The second-order valence-electron chi connectivity index (χ2n) is 2.44. The highest BCUT2D eigenvalue weighted by Crippen LogP contribution is 2.28. The third-order valence-corrected chi connectivity index (χ3v) is 1.63. The number of nitro groups is 1. The lowest BCUT2D eigenvalue weighted by Crippen LogP contribution is -2.15. The third kappa shape index (κ3) is 1.56. The Bertz CT molecular complexity index is 402. The van der Waals surface area contributed by atoms with Crippen LogP contribution in [0.3, 0.4) is 0 Å². The standard InChI is InChI=1S/C7H8N4O3/c8-7(10-9)4-2-1-3-5(6(4)12)11(13)14/h1-3,12H,9H2,(H2,8,10). The summed E-state index contributed by atoms with van der Waals surface area (Å²) >= 11 is 0. The van der Waals surface area contributed by atoms with E-state index in [0.717, 1.165) is 6.07 Å². The molecule has 74 valence electrons. The summed E-state index contributed by atoms with van der Waals surface area (Å²) in [5.74, 6) is 4.18. The van der Waals surface area contributed by atoms with Crippen molar-refractivity contribution in [3.63, 3.8) is 0 Å². The Morgan fingerprint density at radius 2 is 2.21 bits per heavy atom. The predicted octanol–water partition coefficient (Wildman–Crippen LogP) is -0.121. The summed E-state index contributed by atoms with van der Waals surface area (Å²) < 4.78 is 0. The van der Waals surface area contributed by atoms with Gasteiger partial charge in [-0.05, 0) is 6.07 Å². The van der Waals surface area contributed by atoms with E-state index < -0.39 is 16.4 Å². The number of nitrogens with zero attached hydrogens (tertiary/aromatic N) is 2. The van der Waals surface area contributed by atoms with Crippen LogP contribution in [0.2, 0.25) is 0 Å². The summed E-state index contributed by atoms with van der Waals surface area (Å²) in [7, 11) is 0. The number of nitro benzene ring substituents is 1. The molecule has 0 unspecified atom stereocenters. The van der Waals surface area contributed by atoms with Gasteiger partial charge in [0.2, 0.25) is 5.75 Å². The van der Waals surface area contributed by atoms with Gasteiger partial charge in [-0.15, -0.1) is 0 Å². The molecule has 0 heterocycles. The average Bonchev–Trinajstić information content (AvgIpc) is 2.16. The lowest BCUT2D eigenvalue weighted by molar-refractivity contribution is -0.385. The van der Waals surface area contributed by atoms with Gasteiger partial charge in [0.25, 0.3) is 0 Å². The van der Waals surface area contributed by atoms with Gasteiger partial charge in [-0.2, -0.15) is 5.10 Å². The molecule has 0 amide bonds. The maximum atomic E-state index is 10.4. The highest BCUT2D eigenvalue weighted by atomic mass is 16.6. The van der Waals surface area contributed by atoms with Crippen molar-refractivity contribution < 1.29 is 10.0 Å². The number of hydrogen-bond acceptors (Lipinski definition) is 5. The fraction of sp³-hybridized carbons (Fsp3) is 0. The Morgan fingerprint density at radius 1 is 1.57 bits per heavy atom. The summed E-state index contributed by atoms with van der Waals surface area (Å²) in [6.07, 6.45) is 0. The molecule has 0 radical (unpaired) electrons. The molecule has 0 fully saturated rings. The highest BCUT2D eigenvalue weighted by molar-refractivity contribution is 6.00. The summed E-state index contributed by atoms with van der Waals surface area (Å²) in [6, 6.07) is 3.92. The number of aromatic hydroxyl groups is 1. The summed E-state index contributed by atoms with van der Waals surface area (Å²) in [6.45, 7) is 0. The highest BCUT2D eigenvalue weighted by Gasteiger charge is 2.17. The first kappa shape index (κ1) is 9.78. The zero-order chi connectivity index (χ0) is 10.7. The fourth-order valence-electron chi connectivity index (χ4n) is 0.955. The maximum Gasteiger partial charge on any atom is 0.311 e. The first-order valence-corrected chi connectivity index (χ1v) is 3.58. The zero-order valence-corrected chi connectivity index (χ0v) is 7.04. The number of nitrogens with two attached hydrogens (primary N) is 2. The van der Waals surface area contributed by atoms with Crippen molar-refractivity contribution in [2.75, 3.05) is 0 Å². The van der Waals surface area contributed by atoms with Gasteiger partial charge in [0.15, 0.2) is 5.84 Å². The van der Waals surface area contributed by atoms with Crippen LogP contribution in [0, 0.1) is 10.1 Å². The number of phenolic OH excluding ortho intramolecular Hbond substituents is 1. The Labute approximate surface area is 78.8 Å². The van der Waals surface area contributed by atoms with Gasteiger partial charge in [0.05, 0.1) is 10.5 Å². The van der Waals surface area contributed by atoms with Crippen molar-refractivity contribution in [1.29, 1.82) is 0 Å². The molecule has 0 saturated carbocycles. The van der Waals surface area contributed by atoms with Crippen LogP contribution in [0.25, 0.3) is 0 Å². The smallest absolute Gasteiger partial charge is 0.311 e. The molecule has 1 aromatic carbocycles. The number of hydrazone groups is 1. The van der Waals surface area contributed by atoms with E-state index in [0.29, 0.717) is 0 Å². The Kier molecular flexibility index (Phi) is 2.52. The van der Waals surface area contributed by atoms with Crippen molar-refractivity contribution >= 4 is 11.5 Å². The first-order valence-electron chi connectivity index (χ1n) is 3.58. The molecule has 0 aliphatic heterocycles. The van der Waals surface area contributed by atoms with E-state index >= 15 is 0 Å². The van der Waals surface area contributed by atoms with E-state index in [1.165, 1.54) is 12.1 Å². The Balaban J connectivity index is 3.35. The topological polar surface area (TPSA) is 128 Å². The van der Waals surface area contributed by atoms with Crippen LogP contribution >= 0.6 is 0 Å². The minimum absolute atomic E-state index is 0.0432. The summed E-state index contributed by atoms with van der Waals surface area (Å²) in [4.78, 5) is 9.70. The van der Waals surface area contributed by atoms with Crippen LogP contribution in [0.15, 0.2) is 23.3 Å². The van der Waals surface area contributed by atoms with Crippen molar-refractivity contribution in [3.8, 4) is 5.75 Å². The van der Waals surface area contributed by atoms with Crippen LogP contribution < -0.4 is 11.6 Å². The molecule has 0 atom stereocenters. The molecular formula is C7H8N4O3. The van der Waals surface area contributed by atoms with Crippen LogP contribution in [0.1, 0.15) is 5.56 Å². The molecule has 0 saturated heterocycles. The molecule has 1 rings (SSSR count). The molecular weight excluding hydrogens is 188 g/mol. The normalized spacial score (nSPS) is 11.3. The number of para-hydroxylation sites is 1.